The van der Waals surface area contributed by atoms with Crippen LogP contribution >= 0.6 is 0 Å². The van der Waals surface area contributed by atoms with Crippen LogP contribution in [0.4, 0.5) is 0 Å². The Morgan fingerprint density at radius 1 is 1.29 bits per heavy atom. The molecule has 118 valence electrons. The van der Waals surface area contributed by atoms with Gasteiger partial charge in [-0.1, -0.05) is 30.3 Å². The molecule has 4 nitrogen and oxygen atoms in total. The maximum absolute atomic E-state index is 10.7. The van der Waals surface area contributed by atoms with Crippen molar-refractivity contribution in [2.75, 3.05) is 39.9 Å². The molecule has 4 heteroatoms. The normalized spacial score (nSPS) is 17.9. The maximum atomic E-state index is 10.7. The first kappa shape index (κ1) is 16.4. The lowest BCUT2D eigenvalue weighted by atomic mass is 9.90. The third-order valence-electron chi connectivity index (χ3n) is 4.22. The van der Waals surface area contributed by atoms with Gasteiger partial charge in [-0.15, -0.1) is 0 Å². The van der Waals surface area contributed by atoms with Gasteiger partial charge in [-0.2, -0.15) is 0 Å². The largest absolute Gasteiger partial charge is 0.384 e. The number of hydrogen-bond donors (Lipinski definition) is 2. The average Bonchev–Trinajstić information content (AvgIpc) is 3.34. The number of rotatable bonds is 10. The summed E-state index contributed by atoms with van der Waals surface area (Å²) < 4.78 is 5.64. The van der Waals surface area contributed by atoms with Gasteiger partial charge in [-0.05, 0) is 37.8 Å². The lowest BCUT2D eigenvalue weighted by Gasteiger charge is -2.29. The Balaban J connectivity index is 1.71. The number of hydrogen-bond acceptors (Lipinski definition) is 4. The molecule has 0 aliphatic heterocycles. The quantitative estimate of drug-likeness (QED) is 0.643. The van der Waals surface area contributed by atoms with E-state index >= 15 is 0 Å². The Hall–Kier alpha value is -0.940. The van der Waals surface area contributed by atoms with Gasteiger partial charge in [0, 0.05) is 26.2 Å². The number of likely N-dealkylation sites (N-methyl/N-ethyl adjacent to an activating group) is 1. The molecule has 0 spiro atoms. The Morgan fingerprint density at radius 2 is 2.00 bits per heavy atom. The Morgan fingerprint density at radius 3 is 2.62 bits per heavy atom. The second-order valence-electron chi connectivity index (χ2n) is 6.17. The molecule has 1 aromatic rings. The van der Waals surface area contributed by atoms with Crippen LogP contribution in [0.1, 0.15) is 24.8 Å². The van der Waals surface area contributed by atoms with E-state index in [-0.39, 0.29) is 6.54 Å². The fourth-order valence-corrected chi connectivity index (χ4v) is 2.36. The molecule has 1 aliphatic carbocycles. The monoisotopic (exact) mass is 292 g/mol. The first-order valence-corrected chi connectivity index (χ1v) is 7.88. The highest BCUT2D eigenvalue weighted by Crippen LogP contribution is 2.28. The first-order chi connectivity index (χ1) is 10.1. The Kier molecular flexibility index (Phi) is 6.18. The predicted molar refractivity (Wildman–Crippen MR) is 85.1 cm³/mol. The number of nitrogens with zero attached hydrogens (tertiary/aromatic N) is 1. The van der Waals surface area contributed by atoms with Crippen molar-refractivity contribution in [1.29, 1.82) is 0 Å². The SMILES string of the molecule is CN(CCOCC1CC1)CCC(O)(CN)c1ccccc1. The van der Waals surface area contributed by atoms with Gasteiger partial charge >= 0.3 is 0 Å². The summed E-state index contributed by atoms with van der Waals surface area (Å²) in [6.07, 6.45) is 3.29. The molecule has 3 N–H and O–H groups in total. The molecule has 0 saturated heterocycles. The van der Waals surface area contributed by atoms with Crippen molar-refractivity contribution in [3.63, 3.8) is 0 Å². The zero-order chi connectivity index (χ0) is 15.1. The summed E-state index contributed by atoms with van der Waals surface area (Å²) in [6.45, 7) is 3.60. The topological polar surface area (TPSA) is 58.7 Å². The number of ether oxygens (including phenoxy) is 1. The maximum Gasteiger partial charge on any atom is 0.103 e. The highest BCUT2D eigenvalue weighted by atomic mass is 16.5. The summed E-state index contributed by atoms with van der Waals surface area (Å²) in [4.78, 5) is 2.19. The third kappa shape index (κ3) is 5.40. The molecule has 0 heterocycles. The van der Waals surface area contributed by atoms with E-state index in [0.29, 0.717) is 6.42 Å². The van der Waals surface area contributed by atoms with Crippen LogP contribution in [0, 0.1) is 5.92 Å². The lowest BCUT2D eigenvalue weighted by molar-refractivity contribution is 0.0244. The van der Waals surface area contributed by atoms with E-state index < -0.39 is 5.60 Å². The van der Waals surface area contributed by atoms with Crippen LogP contribution in [0.25, 0.3) is 0 Å². The molecular formula is C17H28N2O2. The van der Waals surface area contributed by atoms with Crippen molar-refractivity contribution < 1.29 is 9.84 Å². The van der Waals surface area contributed by atoms with Crippen molar-refractivity contribution in [3.8, 4) is 0 Å². The van der Waals surface area contributed by atoms with Gasteiger partial charge in [0.2, 0.25) is 0 Å². The minimum atomic E-state index is -0.940. The molecule has 21 heavy (non-hydrogen) atoms. The van der Waals surface area contributed by atoms with Crippen molar-refractivity contribution in [3.05, 3.63) is 35.9 Å². The summed E-state index contributed by atoms with van der Waals surface area (Å²) in [7, 11) is 2.06. The van der Waals surface area contributed by atoms with Gasteiger partial charge in [0.15, 0.2) is 0 Å². The van der Waals surface area contributed by atoms with Crippen molar-refractivity contribution in [2.24, 2.45) is 11.7 Å². The fourth-order valence-electron chi connectivity index (χ4n) is 2.36. The summed E-state index contributed by atoms with van der Waals surface area (Å²) >= 11 is 0. The molecule has 1 fully saturated rings. The molecule has 0 amide bonds. The lowest BCUT2D eigenvalue weighted by Crippen LogP contribution is -2.38. The standard InChI is InChI=1S/C17H28N2O2/c1-19(11-12-21-13-15-7-8-15)10-9-17(20,14-18)16-5-3-2-4-6-16/h2-6,15,20H,7-14,18H2,1H3. The number of nitrogens with two attached hydrogens (primary N) is 1. The second-order valence-corrected chi connectivity index (χ2v) is 6.17. The highest BCUT2D eigenvalue weighted by Gasteiger charge is 2.27. The van der Waals surface area contributed by atoms with Crippen LogP contribution in [0.5, 0.6) is 0 Å². The molecule has 1 aliphatic rings. The zero-order valence-corrected chi connectivity index (χ0v) is 13.0. The minimum Gasteiger partial charge on any atom is -0.384 e. The minimum absolute atomic E-state index is 0.239. The number of benzene rings is 1. The predicted octanol–water partition coefficient (Wildman–Crippen LogP) is 1.58. The van der Waals surface area contributed by atoms with Crippen LogP contribution in [0.3, 0.4) is 0 Å². The van der Waals surface area contributed by atoms with Gasteiger partial charge in [0.1, 0.15) is 5.60 Å². The molecule has 1 aromatic carbocycles. The van der Waals surface area contributed by atoms with E-state index in [1.165, 1.54) is 12.8 Å². The first-order valence-electron chi connectivity index (χ1n) is 7.88. The van der Waals surface area contributed by atoms with Gasteiger partial charge in [-0.3, -0.25) is 0 Å². The second kappa shape index (κ2) is 7.90. The summed E-state index contributed by atoms with van der Waals surface area (Å²) in [5.41, 5.74) is 5.75. The van der Waals surface area contributed by atoms with Crippen molar-refractivity contribution in [1.82, 2.24) is 4.90 Å². The van der Waals surface area contributed by atoms with Gasteiger partial charge in [0.25, 0.3) is 0 Å². The molecule has 0 radical (unpaired) electrons. The molecule has 1 saturated carbocycles. The van der Waals surface area contributed by atoms with E-state index in [4.69, 9.17) is 10.5 Å². The number of aliphatic hydroxyl groups is 1. The van der Waals surface area contributed by atoms with Crippen molar-refractivity contribution in [2.45, 2.75) is 24.9 Å². The van der Waals surface area contributed by atoms with E-state index in [9.17, 15) is 5.11 Å². The van der Waals surface area contributed by atoms with Gasteiger partial charge in [-0.25, -0.2) is 0 Å². The highest BCUT2D eigenvalue weighted by molar-refractivity contribution is 5.22. The van der Waals surface area contributed by atoms with Gasteiger partial charge in [0.05, 0.1) is 6.61 Å². The molecule has 0 aromatic heterocycles. The van der Waals surface area contributed by atoms with E-state index in [1.807, 2.05) is 30.3 Å². The summed E-state index contributed by atoms with van der Waals surface area (Å²) in [6, 6.07) is 9.69. The van der Waals surface area contributed by atoms with Crippen LogP contribution in [-0.4, -0.2) is 49.9 Å². The zero-order valence-electron chi connectivity index (χ0n) is 13.0. The molecule has 2 rings (SSSR count). The van der Waals surface area contributed by atoms with Crippen LogP contribution in [0.2, 0.25) is 0 Å². The van der Waals surface area contributed by atoms with Crippen molar-refractivity contribution >= 4 is 0 Å². The van der Waals surface area contributed by atoms with Crippen LogP contribution in [0.15, 0.2) is 30.3 Å². The average molecular weight is 292 g/mol. The Labute approximate surface area is 127 Å². The van der Waals surface area contributed by atoms with Crippen LogP contribution < -0.4 is 5.73 Å². The molecule has 0 bridgehead atoms. The van der Waals surface area contributed by atoms with E-state index in [2.05, 4.69) is 11.9 Å². The summed E-state index contributed by atoms with van der Waals surface area (Å²) in [5, 5.41) is 10.7. The Bertz CT molecular complexity index is 409. The molecule has 1 unspecified atom stereocenters. The van der Waals surface area contributed by atoms with Gasteiger partial charge < -0.3 is 20.5 Å². The summed E-state index contributed by atoms with van der Waals surface area (Å²) in [5.74, 6) is 0.815. The smallest absolute Gasteiger partial charge is 0.103 e. The van der Waals surface area contributed by atoms with Crippen LogP contribution in [-0.2, 0) is 10.3 Å². The van der Waals surface area contributed by atoms with E-state index in [0.717, 1.165) is 37.8 Å². The van der Waals surface area contributed by atoms with E-state index in [1.54, 1.807) is 0 Å². The molecular weight excluding hydrogens is 264 g/mol. The third-order valence-corrected chi connectivity index (χ3v) is 4.22. The molecule has 1 atom stereocenters. The fraction of sp³-hybridized carbons (Fsp3) is 0.647.